The number of carbonyl (C=O) groups is 1. The van der Waals surface area contributed by atoms with Gasteiger partial charge >= 0.3 is 0 Å². The Morgan fingerprint density at radius 3 is 2.51 bits per heavy atom. The molecule has 186 valence electrons. The number of rotatable bonds is 7. The van der Waals surface area contributed by atoms with Gasteiger partial charge in [0.1, 0.15) is 11.9 Å². The lowest BCUT2D eigenvalue weighted by molar-refractivity contribution is 0.0996. The van der Waals surface area contributed by atoms with Crippen molar-refractivity contribution in [2.75, 3.05) is 48.8 Å². The molecular formula is C25H34N8O2. The topological polar surface area (TPSA) is 143 Å². The van der Waals surface area contributed by atoms with Crippen molar-refractivity contribution >= 4 is 28.9 Å². The molecule has 10 heteroatoms. The molecule has 2 heterocycles. The number of primary amides is 1. The number of hydrogen-bond acceptors (Lipinski definition) is 9. The van der Waals surface area contributed by atoms with Crippen molar-refractivity contribution in [1.29, 1.82) is 5.26 Å². The van der Waals surface area contributed by atoms with E-state index in [1.807, 2.05) is 19.1 Å². The number of aliphatic hydroxyl groups excluding tert-OH is 1. The van der Waals surface area contributed by atoms with Crippen LogP contribution >= 0.6 is 0 Å². The molecule has 1 aliphatic carbocycles. The monoisotopic (exact) mass is 478 g/mol. The Bertz CT molecular complexity index is 1100. The molecule has 1 aromatic carbocycles. The van der Waals surface area contributed by atoms with Crippen molar-refractivity contribution in [2.45, 2.75) is 51.2 Å². The number of aliphatic hydroxyl groups is 1. The van der Waals surface area contributed by atoms with Crippen LogP contribution in [0.4, 0.5) is 23.0 Å². The van der Waals surface area contributed by atoms with Crippen molar-refractivity contribution in [3.63, 3.8) is 0 Å². The van der Waals surface area contributed by atoms with Crippen molar-refractivity contribution in [3.05, 3.63) is 35.2 Å². The normalized spacial score (nSPS) is 20.8. The summed E-state index contributed by atoms with van der Waals surface area (Å²) >= 11 is 0. The Morgan fingerprint density at radius 1 is 1.17 bits per heavy atom. The second-order valence-electron chi connectivity index (χ2n) is 9.34. The van der Waals surface area contributed by atoms with Crippen LogP contribution in [0.3, 0.4) is 0 Å². The van der Waals surface area contributed by atoms with Crippen LogP contribution in [-0.4, -0.2) is 71.3 Å². The Morgan fingerprint density at radius 2 is 1.89 bits per heavy atom. The van der Waals surface area contributed by atoms with Gasteiger partial charge in [-0.3, -0.25) is 4.79 Å². The number of nitrogens with one attached hydrogen (secondary N) is 2. The zero-order valence-corrected chi connectivity index (χ0v) is 20.4. The molecule has 0 radical (unpaired) electrons. The van der Waals surface area contributed by atoms with Gasteiger partial charge in [0.2, 0.25) is 0 Å². The zero-order chi connectivity index (χ0) is 24.9. The number of carbonyl (C=O) groups excluding carboxylic acids is 1. The third-order valence-electron chi connectivity index (χ3n) is 6.80. The number of aromatic nitrogens is 2. The van der Waals surface area contributed by atoms with Gasteiger partial charge in [-0.25, -0.2) is 9.97 Å². The number of likely N-dealkylation sites (N-methyl/N-ethyl adjacent to an activating group) is 1. The molecule has 5 N–H and O–H groups in total. The molecule has 0 unspecified atom stereocenters. The number of hydrogen-bond donors (Lipinski definition) is 4. The molecule has 4 rings (SSSR count). The first-order chi connectivity index (χ1) is 16.9. The maximum absolute atomic E-state index is 12.2. The van der Waals surface area contributed by atoms with E-state index in [9.17, 15) is 15.2 Å². The first-order valence-corrected chi connectivity index (χ1v) is 12.3. The summed E-state index contributed by atoms with van der Waals surface area (Å²) in [5.74, 6) is 0.192. The number of nitrogens with two attached hydrogens (primary N) is 1. The van der Waals surface area contributed by atoms with Crippen LogP contribution in [0.25, 0.3) is 0 Å². The minimum Gasteiger partial charge on any atom is -0.393 e. The van der Waals surface area contributed by atoms with Gasteiger partial charge in [-0.05, 0) is 57.4 Å². The van der Waals surface area contributed by atoms with E-state index in [-0.39, 0.29) is 23.7 Å². The van der Waals surface area contributed by atoms with Crippen LogP contribution in [0, 0.1) is 11.3 Å². The Labute approximate surface area is 206 Å². The zero-order valence-electron chi connectivity index (χ0n) is 20.4. The average molecular weight is 479 g/mol. The summed E-state index contributed by atoms with van der Waals surface area (Å²) in [5.41, 5.74) is 8.45. The average Bonchev–Trinajstić information content (AvgIpc) is 2.86. The summed E-state index contributed by atoms with van der Waals surface area (Å²) < 4.78 is 0. The fourth-order valence-electron chi connectivity index (χ4n) is 4.67. The molecule has 2 fully saturated rings. The summed E-state index contributed by atoms with van der Waals surface area (Å²) in [4.78, 5) is 25.9. The van der Waals surface area contributed by atoms with Crippen LogP contribution in [0.15, 0.2) is 18.2 Å². The highest BCUT2D eigenvalue weighted by Gasteiger charge is 2.23. The molecule has 2 aromatic rings. The van der Waals surface area contributed by atoms with Crippen LogP contribution in [-0.2, 0) is 6.42 Å². The molecule has 2 aliphatic rings. The van der Waals surface area contributed by atoms with E-state index in [4.69, 9.17) is 10.7 Å². The van der Waals surface area contributed by atoms with E-state index in [1.165, 1.54) is 0 Å². The molecule has 10 nitrogen and oxygen atoms in total. The van der Waals surface area contributed by atoms with Gasteiger partial charge in [0, 0.05) is 37.9 Å². The number of amides is 1. The van der Waals surface area contributed by atoms with E-state index >= 15 is 0 Å². The summed E-state index contributed by atoms with van der Waals surface area (Å²) in [6.07, 6.45) is 3.50. The summed E-state index contributed by atoms with van der Waals surface area (Å²) in [6, 6.07) is 8.05. The largest absolute Gasteiger partial charge is 0.393 e. The van der Waals surface area contributed by atoms with Crippen LogP contribution in [0.5, 0.6) is 0 Å². The summed E-state index contributed by atoms with van der Waals surface area (Å²) in [7, 11) is 2.09. The predicted molar refractivity (Wildman–Crippen MR) is 136 cm³/mol. The second kappa shape index (κ2) is 10.9. The quantitative estimate of drug-likeness (QED) is 0.471. The van der Waals surface area contributed by atoms with Crippen LogP contribution in [0.1, 0.15) is 54.4 Å². The first-order valence-electron chi connectivity index (χ1n) is 12.3. The summed E-state index contributed by atoms with van der Waals surface area (Å²) in [5, 5.41) is 26.2. The summed E-state index contributed by atoms with van der Waals surface area (Å²) in [6.45, 7) is 5.57. The van der Waals surface area contributed by atoms with Crippen molar-refractivity contribution < 1.29 is 9.90 Å². The third kappa shape index (κ3) is 5.81. The number of piperazine rings is 1. The van der Waals surface area contributed by atoms with Crippen LogP contribution in [0.2, 0.25) is 0 Å². The Hall–Kier alpha value is -3.42. The van der Waals surface area contributed by atoms with Gasteiger partial charge in [-0.1, -0.05) is 6.92 Å². The van der Waals surface area contributed by atoms with Gasteiger partial charge in [0.05, 0.1) is 23.0 Å². The van der Waals surface area contributed by atoms with Gasteiger partial charge in [-0.15, -0.1) is 0 Å². The number of anilines is 4. The number of aryl methyl sites for hydroxylation is 1. The van der Waals surface area contributed by atoms with E-state index in [0.717, 1.165) is 57.5 Å². The van der Waals surface area contributed by atoms with Gasteiger partial charge < -0.3 is 31.3 Å². The lowest BCUT2D eigenvalue weighted by Gasteiger charge is -2.34. The molecule has 0 bridgehead atoms. The second-order valence-corrected chi connectivity index (χ2v) is 9.34. The Kier molecular flexibility index (Phi) is 7.68. The molecule has 1 saturated carbocycles. The predicted octanol–water partition coefficient (Wildman–Crippen LogP) is 2.22. The van der Waals surface area contributed by atoms with Gasteiger partial charge in [0.15, 0.2) is 11.5 Å². The lowest BCUT2D eigenvalue weighted by Crippen LogP contribution is -2.44. The SMILES string of the molecule is CCc1nc(C(N)=O)c(Nc2ccc(N3CCN(C)CC3)c(C#N)c2)nc1N[C@H]1CC[C@H](O)CC1. The molecule has 1 aliphatic heterocycles. The highest BCUT2D eigenvalue weighted by molar-refractivity contribution is 5.96. The molecule has 1 saturated heterocycles. The van der Waals surface area contributed by atoms with Gasteiger partial charge in [-0.2, -0.15) is 5.26 Å². The van der Waals surface area contributed by atoms with Crippen molar-refractivity contribution in [1.82, 2.24) is 14.9 Å². The molecule has 1 amide bonds. The lowest BCUT2D eigenvalue weighted by atomic mass is 9.93. The van der Waals surface area contributed by atoms with E-state index < -0.39 is 5.91 Å². The van der Waals surface area contributed by atoms with Crippen LogP contribution < -0.4 is 21.3 Å². The van der Waals surface area contributed by atoms with Crippen molar-refractivity contribution in [2.24, 2.45) is 5.73 Å². The fraction of sp³-hybridized carbons (Fsp3) is 0.520. The first kappa shape index (κ1) is 24.7. The van der Waals surface area contributed by atoms with E-state index in [1.54, 1.807) is 6.07 Å². The minimum atomic E-state index is -0.670. The maximum Gasteiger partial charge on any atom is 0.271 e. The van der Waals surface area contributed by atoms with Gasteiger partial charge in [0.25, 0.3) is 5.91 Å². The fourth-order valence-corrected chi connectivity index (χ4v) is 4.67. The van der Waals surface area contributed by atoms with Crippen molar-refractivity contribution in [3.8, 4) is 6.07 Å². The Balaban J connectivity index is 1.61. The third-order valence-corrected chi connectivity index (χ3v) is 6.80. The number of nitrogens with zero attached hydrogens (tertiary/aromatic N) is 5. The molecule has 1 aromatic heterocycles. The minimum absolute atomic E-state index is 0.0631. The number of benzene rings is 1. The molecular weight excluding hydrogens is 444 g/mol. The molecule has 35 heavy (non-hydrogen) atoms. The smallest absolute Gasteiger partial charge is 0.271 e. The number of nitriles is 1. The van der Waals surface area contributed by atoms with E-state index in [0.29, 0.717) is 29.2 Å². The highest BCUT2D eigenvalue weighted by Crippen LogP contribution is 2.29. The maximum atomic E-state index is 12.2. The standard InChI is InChI=1S/C25H34N8O2/c1-3-20-24(28-17-4-7-19(34)8-5-17)31-25(22(30-20)23(27)35)29-18-6-9-21(16(14-18)15-26)33-12-10-32(2)11-13-33/h6,9,14,17,19,34H,3-5,7-8,10-13H2,1-2H3,(H2,27,35)(H2,28,29,31)/t17-,19-. The highest BCUT2D eigenvalue weighted by atomic mass is 16.3. The van der Waals surface area contributed by atoms with E-state index in [2.05, 4.69) is 38.5 Å². The molecule has 0 atom stereocenters. The molecule has 0 spiro atoms.